The van der Waals surface area contributed by atoms with Crippen molar-refractivity contribution in [3.8, 4) is 0 Å². The predicted octanol–water partition coefficient (Wildman–Crippen LogP) is 2.22. The summed E-state index contributed by atoms with van der Waals surface area (Å²) >= 11 is 0. The molecular formula is C19H27N5O. The summed E-state index contributed by atoms with van der Waals surface area (Å²) in [6, 6.07) is 6.27. The van der Waals surface area contributed by atoms with E-state index in [0.29, 0.717) is 0 Å². The lowest BCUT2D eigenvalue weighted by atomic mass is 10.2. The number of hydrogen-bond donors (Lipinski definition) is 1. The standard InChI is InChI=1S/C19H27N5O/c1-14-6-5-7-20-19(14)23-10-8-22(9-11-23)13-18-12-15(2)24(16(18)3)21-17(4)25/h5-7,12H,8-11,13H2,1-4H3,(H,21,25). The van der Waals surface area contributed by atoms with Crippen molar-refractivity contribution in [2.75, 3.05) is 36.5 Å². The van der Waals surface area contributed by atoms with Crippen LogP contribution < -0.4 is 10.3 Å². The van der Waals surface area contributed by atoms with Crippen LogP contribution in [0, 0.1) is 20.8 Å². The molecule has 6 nitrogen and oxygen atoms in total. The van der Waals surface area contributed by atoms with Gasteiger partial charge in [-0.05, 0) is 44.0 Å². The van der Waals surface area contributed by atoms with E-state index in [1.54, 1.807) is 0 Å². The SMILES string of the molecule is CC(=O)Nn1c(C)cc(CN2CCN(c3ncccc3C)CC2)c1C. The molecule has 3 rings (SSSR count). The maximum Gasteiger partial charge on any atom is 0.235 e. The lowest BCUT2D eigenvalue weighted by Crippen LogP contribution is -2.46. The van der Waals surface area contributed by atoms with Gasteiger partial charge in [-0.15, -0.1) is 0 Å². The fourth-order valence-corrected chi connectivity index (χ4v) is 3.49. The number of hydrogen-bond acceptors (Lipinski definition) is 4. The molecule has 0 atom stereocenters. The molecule has 2 aromatic heterocycles. The van der Waals surface area contributed by atoms with Crippen LogP contribution in [0.25, 0.3) is 0 Å². The van der Waals surface area contributed by atoms with Gasteiger partial charge in [-0.2, -0.15) is 0 Å². The van der Waals surface area contributed by atoms with Gasteiger partial charge in [0, 0.05) is 57.2 Å². The average Bonchev–Trinajstić information content (AvgIpc) is 2.83. The van der Waals surface area contributed by atoms with E-state index in [-0.39, 0.29) is 5.91 Å². The number of piperazine rings is 1. The van der Waals surface area contributed by atoms with Crippen molar-refractivity contribution in [1.82, 2.24) is 14.6 Å². The van der Waals surface area contributed by atoms with Gasteiger partial charge in [0.15, 0.2) is 0 Å². The number of rotatable bonds is 4. The van der Waals surface area contributed by atoms with Crippen LogP contribution in [0.15, 0.2) is 24.4 Å². The summed E-state index contributed by atoms with van der Waals surface area (Å²) in [4.78, 5) is 20.7. The molecule has 0 aliphatic carbocycles. The van der Waals surface area contributed by atoms with Gasteiger partial charge >= 0.3 is 0 Å². The maximum atomic E-state index is 11.4. The van der Waals surface area contributed by atoms with Gasteiger partial charge in [0.25, 0.3) is 0 Å². The number of nitrogens with one attached hydrogen (secondary N) is 1. The molecule has 0 radical (unpaired) electrons. The van der Waals surface area contributed by atoms with Crippen molar-refractivity contribution in [1.29, 1.82) is 0 Å². The van der Waals surface area contributed by atoms with Crippen LogP contribution in [-0.4, -0.2) is 46.6 Å². The van der Waals surface area contributed by atoms with Gasteiger partial charge < -0.3 is 4.90 Å². The third-order valence-electron chi connectivity index (χ3n) is 4.85. The zero-order valence-electron chi connectivity index (χ0n) is 15.5. The van der Waals surface area contributed by atoms with E-state index in [1.165, 1.54) is 18.1 Å². The number of carbonyl (C=O) groups is 1. The highest BCUT2D eigenvalue weighted by molar-refractivity contribution is 5.81. The molecule has 1 saturated heterocycles. The Labute approximate surface area is 149 Å². The summed E-state index contributed by atoms with van der Waals surface area (Å²) in [5.74, 6) is 1.05. The highest BCUT2D eigenvalue weighted by Crippen LogP contribution is 2.20. The Bertz CT molecular complexity index is 759. The number of amides is 1. The second-order valence-electron chi connectivity index (χ2n) is 6.81. The molecule has 1 N–H and O–H groups in total. The molecule has 2 aromatic rings. The number of carbonyl (C=O) groups excluding carboxylic acids is 1. The van der Waals surface area contributed by atoms with Crippen LogP contribution in [-0.2, 0) is 11.3 Å². The van der Waals surface area contributed by atoms with Crippen molar-refractivity contribution in [3.63, 3.8) is 0 Å². The third-order valence-corrected chi connectivity index (χ3v) is 4.85. The van der Waals surface area contributed by atoms with Crippen LogP contribution in [0.1, 0.15) is 29.4 Å². The highest BCUT2D eigenvalue weighted by atomic mass is 16.2. The molecule has 0 unspecified atom stereocenters. The van der Waals surface area contributed by atoms with E-state index in [1.807, 2.05) is 23.9 Å². The molecule has 1 aliphatic rings. The normalized spacial score (nSPS) is 15.4. The maximum absolute atomic E-state index is 11.4. The minimum atomic E-state index is -0.0484. The first-order valence-electron chi connectivity index (χ1n) is 8.80. The molecule has 1 amide bonds. The smallest absolute Gasteiger partial charge is 0.235 e. The Morgan fingerprint density at radius 1 is 1.20 bits per heavy atom. The summed E-state index contributed by atoms with van der Waals surface area (Å²) < 4.78 is 1.88. The number of aromatic nitrogens is 2. The van der Waals surface area contributed by atoms with Gasteiger partial charge in [0.05, 0.1) is 0 Å². The van der Waals surface area contributed by atoms with Gasteiger partial charge in [0.2, 0.25) is 5.91 Å². The van der Waals surface area contributed by atoms with Crippen LogP contribution in [0.3, 0.4) is 0 Å². The Balaban J connectivity index is 1.63. The molecule has 25 heavy (non-hydrogen) atoms. The lowest BCUT2D eigenvalue weighted by molar-refractivity contribution is -0.115. The second kappa shape index (κ2) is 7.27. The number of pyridine rings is 1. The van der Waals surface area contributed by atoms with Crippen LogP contribution in [0.2, 0.25) is 0 Å². The molecule has 0 spiro atoms. The summed E-state index contributed by atoms with van der Waals surface area (Å²) in [5.41, 5.74) is 7.55. The number of nitrogens with zero attached hydrogens (tertiary/aromatic N) is 4. The van der Waals surface area contributed by atoms with Gasteiger partial charge in [-0.1, -0.05) is 6.07 Å². The van der Waals surface area contributed by atoms with Crippen LogP contribution in [0.5, 0.6) is 0 Å². The van der Waals surface area contributed by atoms with E-state index in [2.05, 4.69) is 46.2 Å². The first kappa shape index (κ1) is 17.5. The Kier molecular flexibility index (Phi) is 5.08. The molecule has 134 valence electrons. The molecule has 1 aliphatic heterocycles. The Hall–Kier alpha value is -2.34. The van der Waals surface area contributed by atoms with Gasteiger partial charge in [-0.25, -0.2) is 4.98 Å². The highest BCUT2D eigenvalue weighted by Gasteiger charge is 2.20. The largest absolute Gasteiger partial charge is 0.354 e. The van der Waals surface area contributed by atoms with Crippen LogP contribution >= 0.6 is 0 Å². The molecule has 0 aromatic carbocycles. The monoisotopic (exact) mass is 341 g/mol. The fourth-order valence-electron chi connectivity index (χ4n) is 3.49. The minimum absolute atomic E-state index is 0.0484. The molecule has 0 bridgehead atoms. The molecular weight excluding hydrogens is 314 g/mol. The topological polar surface area (TPSA) is 53.4 Å². The van der Waals surface area contributed by atoms with E-state index in [0.717, 1.165) is 49.9 Å². The van der Waals surface area contributed by atoms with Crippen molar-refractivity contribution in [2.24, 2.45) is 0 Å². The average molecular weight is 341 g/mol. The Morgan fingerprint density at radius 2 is 1.92 bits per heavy atom. The molecule has 3 heterocycles. The zero-order chi connectivity index (χ0) is 18.0. The van der Waals surface area contributed by atoms with Gasteiger partial charge in [-0.3, -0.25) is 19.8 Å². The summed E-state index contributed by atoms with van der Waals surface area (Å²) in [6.07, 6.45) is 1.87. The molecule has 6 heteroatoms. The third kappa shape index (κ3) is 3.85. The number of anilines is 1. The Morgan fingerprint density at radius 3 is 2.56 bits per heavy atom. The van der Waals surface area contributed by atoms with E-state index in [9.17, 15) is 4.79 Å². The first-order valence-corrected chi connectivity index (χ1v) is 8.80. The van der Waals surface area contributed by atoms with Gasteiger partial charge in [0.1, 0.15) is 5.82 Å². The lowest BCUT2D eigenvalue weighted by Gasteiger charge is -2.36. The predicted molar refractivity (Wildman–Crippen MR) is 100 cm³/mol. The fraction of sp³-hybridized carbons (Fsp3) is 0.474. The minimum Gasteiger partial charge on any atom is -0.354 e. The molecule has 0 saturated carbocycles. The van der Waals surface area contributed by atoms with Crippen molar-refractivity contribution in [2.45, 2.75) is 34.2 Å². The van der Waals surface area contributed by atoms with E-state index in [4.69, 9.17) is 0 Å². The van der Waals surface area contributed by atoms with Crippen molar-refractivity contribution < 1.29 is 4.79 Å². The van der Waals surface area contributed by atoms with Crippen LogP contribution in [0.4, 0.5) is 5.82 Å². The second-order valence-corrected chi connectivity index (χ2v) is 6.81. The molecule has 1 fully saturated rings. The summed E-state index contributed by atoms with van der Waals surface area (Å²) in [7, 11) is 0. The van der Waals surface area contributed by atoms with Crippen molar-refractivity contribution in [3.05, 3.63) is 46.9 Å². The zero-order valence-corrected chi connectivity index (χ0v) is 15.5. The number of aryl methyl sites for hydroxylation is 2. The summed E-state index contributed by atoms with van der Waals surface area (Å²) in [6.45, 7) is 12.7. The van der Waals surface area contributed by atoms with E-state index < -0.39 is 0 Å². The van der Waals surface area contributed by atoms with Crippen molar-refractivity contribution >= 4 is 11.7 Å². The summed E-state index contributed by atoms with van der Waals surface area (Å²) in [5, 5.41) is 0. The quantitative estimate of drug-likeness (QED) is 0.926. The van der Waals surface area contributed by atoms with E-state index >= 15 is 0 Å². The first-order chi connectivity index (χ1) is 12.0.